The van der Waals surface area contributed by atoms with E-state index in [2.05, 4.69) is 9.97 Å². The highest BCUT2D eigenvalue weighted by Gasteiger charge is 2.42. The molecule has 2 aromatic rings. The quantitative estimate of drug-likeness (QED) is 0.499. The third-order valence-corrected chi connectivity index (χ3v) is 8.76. The summed E-state index contributed by atoms with van der Waals surface area (Å²) in [7, 11) is -3.51. The Bertz CT molecular complexity index is 1290. The van der Waals surface area contributed by atoms with E-state index in [0.29, 0.717) is 37.1 Å². The molecule has 2 fully saturated rings. The maximum Gasteiger partial charge on any atom is 0.411 e. The summed E-state index contributed by atoms with van der Waals surface area (Å²) in [5, 5.41) is -0.425. The average Bonchev–Trinajstić information content (AvgIpc) is 3.63. The number of nitrogens with zero attached hydrogens (tertiary/aromatic N) is 3. The van der Waals surface area contributed by atoms with Crippen molar-refractivity contribution >= 4 is 15.9 Å². The van der Waals surface area contributed by atoms with E-state index in [0.717, 1.165) is 6.07 Å². The van der Waals surface area contributed by atoms with E-state index < -0.39 is 20.9 Å². The van der Waals surface area contributed by atoms with Crippen LogP contribution in [0.3, 0.4) is 0 Å². The predicted molar refractivity (Wildman–Crippen MR) is 127 cm³/mol. The summed E-state index contributed by atoms with van der Waals surface area (Å²) in [6, 6.07) is 3.37. The Morgan fingerprint density at radius 2 is 1.78 bits per heavy atom. The summed E-state index contributed by atoms with van der Waals surface area (Å²) in [4.78, 5) is 22.5. The number of fused-ring (bicyclic) bond motifs is 2. The molecule has 192 valence electrons. The first-order valence-corrected chi connectivity index (χ1v) is 13.5. The molecule has 2 bridgehead atoms. The molecule has 1 amide bonds. The summed E-state index contributed by atoms with van der Waals surface area (Å²) in [5.41, 5.74) is 0.480. The van der Waals surface area contributed by atoms with E-state index in [-0.39, 0.29) is 46.9 Å². The van der Waals surface area contributed by atoms with Gasteiger partial charge in [0, 0.05) is 12.8 Å². The molecule has 1 aliphatic carbocycles. The maximum atomic E-state index is 14.7. The molecule has 1 aromatic carbocycles. The highest BCUT2D eigenvalue weighted by atomic mass is 32.2. The minimum absolute atomic E-state index is 0.0508. The smallest absolute Gasteiger partial charge is 0.411 e. The Labute approximate surface area is 209 Å². The number of ether oxygens (including phenoxy) is 3. The van der Waals surface area contributed by atoms with E-state index in [9.17, 15) is 17.6 Å². The maximum absolute atomic E-state index is 14.7. The van der Waals surface area contributed by atoms with Gasteiger partial charge in [0.15, 0.2) is 21.4 Å². The number of amides is 1. The monoisotopic (exact) mass is 517 g/mol. The van der Waals surface area contributed by atoms with Crippen LogP contribution in [0.1, 0.15) is 45.1 Å². The molecule has 5 rings (SSSR count). The molecule has 0 radical (unpaired) electrons. The molecule has 36 heavy (non-hydrogen) atoms. The zero-order chi connectivity index (χ0) is 25.6. The van der Waals surface area contributed by atoms with Gasteiger partial charge in [-0.2, -0.15) is 0 Å². The van der Waals surface area contributed by atoms with E-state index in [1.807, 2.05) is 26.0 Å². The Kier molecular flexibility index (Phi) is 6.36. The zero-order valence-corrected chi connectivity index (χ0v) is 21.1. The Morgan fingerprint density at radius 3 is 2.39 bits per heavy atom. The number of rotatable bonds is 7. The Morgan fingerprint density at radius 1 is 1.11 bits per heavy atom. The lowest BCUT2D eigenvalue weighted by Gasteiger charge is -2.38. The fourth-order valence-corrected chi connectivity index (χ4v) is 6.22. The minimum Gasteiger partial charge on any atom is -0.474 e. The number of piperidine rings is 1. The number of aromatic nitrogens is 2. The largest absolute Gasteiger partial charge is 0.474 e. The van der Waals surface area contributed by atoms with Gasteiger partial charge < -0.3 is 14.2 Å². The van der Waals surface area contributed by atoms with Crippen LogP contribution in [0, 0.1) is 12.7 Å². The van der Waals surface area contributed by atoms with Gasteiger partial charge in [-0.25, -0.2) is 27.6 Å². The van der Waals surface area contributed by atoms with E-state index in [1.54, 1.807) is 11.8 Å². The van der Waals surface area contributed by atoms with Crippen LogP contribution < -0.4 is 9.47 Å². The molecule has 3 aliphatic rings. The van der Waals surface area contributed by atoms with Gasteiger partial charge >= 0.3 is 6.09 Å². The fraction of sp³-hybridized carbons (Fsp3) is 0.480. The fourth-order valence-electron chi connectivity index (χ4n) is 4.55. The Balaban J connectivity index is 1.27. The minimum atomic E-state index is -3.51. The van der Waals surface area contributed by atoms with Crippen LogP contribution in [0.25, 0.3) is 0 Å². The van der Waals surface area contributed by atoms with Crippen LogP contribution >= 0.6 is 0 Å². The molecule has 3 heterocycles. The lowest BCUT2D eigenvalue weighted by molar-refractivity contribution is 0.0263. The molecule has 9 nitrogen and oxygen atoms in total. The highest BCUT2D eigenvalue weighted by Crippen LogP contribution is 2.37. The van der Waals surface area contributed by atoms with Gasteiger partial charge in [-0.05, 0) is 51.8 Å². The van der Waals surface area contributed by atoms with Crippen LogP contribution in [0.2, 0.25) is 0 Å². The zero-order valence-electron chi connectivity index (χ0n) is 20.3. The number of hydrogen-bond donors (Lipinski definition) is 0. The van der Waals surface area contributed by atoms with Crippen LogP contribution in [-0.2, 0) is 14.6 Å². The van der Waals surface area contributed by atoms with Gasteiger partial charge in [0.1, 0.15) is 12.4 Å². The van der Waals surface area contributed by atoms with Crippen molar-refractivity contribution in [2.45, 2.75) is 80.9 Å². The van der Waals surface area contributed by atoms with Crippen molar-refractivity contribution in [1.82, 2.24) is 14.9 Å². The summed E-state index contributed by atoms with van der Waals surface area (Å²) < 4.78 is 56.7. The van der Waals surface area contributed by atoms with Gasteiger partial charge in [0.05, 0.1) is 33.9 Å². The normalized spacial score (nSPS) is 23.1. The predicted octanol–water partition coefficient (Wildman–Crippen LogP) is 4.35. The van der Waals surface area contributed by atoms with E-state index >= 15 is 0 Å². The second kappa shape index (κ2) is 9.34. The molecule has 1 aromatic heterocycles. The second-order valence-corrected chi connectivity index (χ2v) is 11.8. The van der Waals surface area contributed by atoms with Crippen molar-refractivity contribution in [3.05, 3.63) is 48.1 Å². The van der Waals surface area contributed by atoms with Gasteiger partial charge in [0.25, 0.3) is 0 Å². The van der Waals surface area contributed by atoms with Gasteiger partial charge in [-0.15, -0.1) is 0 Å². The molecular weight excluding hydrogens is 489 g/mol. The standard InChI is InChI=1S/C25H28FN3O6S/c1-14(2)33-25(30)29-16-4-5-17(29)11-18(10-16)34-23-15(3)24(28-13-27-23)35-22-9-8-20(12-21(22)26)36(31,32)19-6-7-19/h4-5,8-9,12-14,16-19H,6-7,10-11H2,1-3H3/t16-,17?,18+/m0/s1. The van der Waals surface area contributed by atoms with Crippen molar-refractivity contribution in [2.24, 2.45) is 0 Å². The Hall–Kier alpha value is -3.21. The lowest BCUT2D eigenvalue weighted by atomic mass is 9.99. The van der Waals surface area contributed by atoms with Crippen LogP contribution in [-0.4, -0.2) is 58.9 Å². The van der Waals surface area contributed by atoms with Gasteiger partial charge in [0.2, 0.25) is 11.8 Å². The van der Waals surface area contributed by atoms with Crippen molar-refractivity contribution in [2.75, 3.05) is 0 Å². The SMILES string of the molecule is Cc1c(Oc2ccc(S(=O)(=O)C3CC3)cc2F)ncnc1O[C@H]1CC2C=C[C@@H](C1)N2C(=O)OC(C)C. The number of hydrogen-bond acceptors (Lipinski definition) is 8. The van der Waals surface area contributed by atoms with E-state index in [1.165, 1.54) is 18.5 Å². The third-order valence-electron chi connectivity index (χ3n) is 6.50. The molecule has 11 heteroatoms. The van der Waals surface area contributed by atoms with Crippen LogP contribution in [0.4, 0.5) is 9.18 Å². The number of carbonyl (C=O) groups is 1. The topological polar surface area (TPSA) is 108 Å². The van der Waals surface area contributed by atoms with Crippen LogP contribution in [0.5, 0.6) is 17.5 Å². The number of benzene rings is 1. The third kappa shape index (κ3) is 4.76. The number of sulfone groups is 1. The van der Waals surface area contributed by atoms with Crippen molar-refractivity contribution in [3.8, 4) is 17.5 Å². The first kappa shape index (κ1) is 24.5. The average molecular weight is 518 g/mol. The second-order valence-electron chi connectivity index (χ2n) is 9.62. The summed E-state index contributed by atoms with van der Waals surface area (Å²) >= 11 is 0. The molecule has 0 spiro atoms. The molecule has 1 unspecified atom stereocenters. The molecule has 1 saturated heterocycles. The number of carbonyl (C=O) groups excluding carboxylic acids is 1. The molecule has 0 N–H and O–H groups in total. The summed E-state index contributed by atoms with van der Waals surface area (Å²) in [6.45, 7) is 5.34. The highest BCUT2D eigenvalue weighted by molar-refractivity contribution is 7.92. The van der Waals surface area contributed by atoms with Crippen molar-refractivity contribution < 1.29 is 31.8 Å². The summed E-state index contributed by atoms with van der Waals surface area (Å²) in [6.07, 6.45) is 6.86. The van der Waals surface area contributed by atoms with Crippen molar-refractivity contribution in [1.29, 1.82) is 0 Å². The van der Waals surface area contributed by atoms with E-state index in [4.69, 9.17) is 14.2 Å². The first-order chi connectivity index (χ1) is 17.1. The number of halogens is 1. The van der Waals surface area contributed by atoms with Crippen molar-refractivity contribution in [3.63, 3.8) is 0 Å². The van der Waals surface area contributed by atoms with Gasteiger partial charge in [-0.1, -0.05) is 12.2 Å². The first-order valence-electron chi connectivity index (χ1n) is 12.0. The lowest BCUT2D eigenvalue weighted by Crippen LogP contribution is -2.50. The van der Waals surface area contributed by atoms with Crippen LogP contribution in [0.15, 0.2) is 41.6 Å². The molecule has 3 atom stereocenters. The molecule has 1 saturated carbocycles. The summed E-state index contributed by atoms with van der Waals surface area (Å²) in [5.74, 6) is -0.524. The molecular formula is C25H28FN3O6S. The molecule has 2 aliphatic heterocycles. The van der Waals surface area contributed by atoms with Gasteiger partial charge in [-0.3, -0.25) is 4.90 Å².